The normalized spacial score (nSPS) is 9.42. The molecular weight excluding hydrogens is 148 g/mol. The smallest absolute Gasteiger partial charge is 0.0341 e. The van der Waals surface area contributed by atoms with E-state index in [4.69, 9.17) is 0 Å². The fourth-order valence-electron chi connectivity index (χ4n) is 0.931. The summed E-state index contributed by atoms with van der Waals surface area (Å²) < 4.78 is 0. The van der Waals surface area contributed by atoms with Crippen molar-refractivity contribution < 1.29 is 0 Å². The quantitative estimate of drug-likeness (QED) is 0.733. The zero-order valence-corrected chi connectivity index (χ0v) is 7.38. The summed E-state index contributed by atoms with van der Waals surface area (Å²) in [5, 5.41) is 3.23. The van der Waals surface area contributed by atoms with E-state index < -0.39 is 0 Å². The van der Waals surface area contributed by atoms with Gasteiger partial charge in [0.1, 0.15) is 0 Å². The summed E-state index contributed by atoms with van der Waals surface area (Å²) in [4.78, 5) is 3.94. The van der Waals surface area contributed by atoms with Gasteiger partial charge in [-0.25, -0.2) is 0 Å². The van der Waals surface area contributed by atoms with Crippen LogP contribution in [0.1, 0.15) is 18.9 Å². The van der Waals surface area contributed by atoms with Gasteiger partial charge in [0.05, 0.1) is 0 Å². The zero-order chi connectivity index (χ0) is 8.81. The largest absolute Gasteiger partial charge is 0.385 e. The summed E-state index contributed by atoms with van der Waals surface area (Å²) >= 11 is 0. The van der Waals surface area contributed by atoms with Gasteiger partial charge in [-0.2, -0.15) is 0 Å². The van der Waals surface area contributed by atoms with Crippen LogP contribution in [0, 0.1) is 0 Å². The highest BCUT2D eigenvalue weighted by Crippen LogP contribution is 2.06. The Hall–Kier alpha value is -1.31. The van der Waals surface area contributed by atoms with Crippen molar-refractivity contribution in [1.82, 2.24) is 10.3 Å². The molecule has 12 heavy (non-hydrogen) atoms. The number of rotatable bonds is 4. The predicted octanol–water partition coefficient (Wildman–Crippen LogP) is 2.05. The lowest BCUT2D eigenvalue weighted by atomic mass is 10.2. The van der Waals surface area contributed by atoms with Gasteiger partial charge in [-0.1, -0.05) is 13.5 Å². The van der Waals surface area contributed by atoms with Crippen molar-refractivity contribution in [2.75, 3.05) is 6.54 Å². The minimum Gasteiger partial charge on any atom is -0.385 e. The Labute approximate surface area is 73.3 Å². The average molecular weight is 162 g/mol. The van der Waals surface area contributed by atoms with E-state index in [0.717, 1.165) is 24.2 Å². The second-order valence-corrected chi connectivity index (χ2v) is 2.64. The molecule has 1 heterocycles. The molecule has 0 saturated heterocycles. The Balaban J connectivity index is 2.54. The molecule has 0 bridgehead atoms. The molecule has 0 fully saturated rings. The first-order valence-corrected chi connectivity index (χ1v) is 4.17. The van der Waals surface area contributed by atoms with Gasteiger partial charge >= 0.3 is 0 Å². The van der Waals surface area contributed by atoms with Crippen LogP contribution in [0.3, 0.4) is 0 Å². The maximum absolute atomic E-state index is 3.94. The second kappa shape index (κ2) is 4.54. The molecule has 0 aliphatic heterocycles. The summed E-state index contributed by atoms with van der Waals surface area (Å²) in [6.07, 6.45) is 4.66. The van der Waals surface area contributed by atoms with E-state index in [0.29, 0.717) is 0 Å². The molecule has 0 spiro atoms. The maximum Gasteiger partial charge on any atom is 0.0341 e. The molecule has 1 aromatic heterocycles. The number of nitrogens with zero attached hydrogens (tertiary/aromatic N) is 1. The van der Waals surface area contributed by atoms with Crippen molar-refractivity contribution in [1.29, 1.82) is 0 Å². The highest BCUT2D eigenvalue weighted by Gasteiger charge is 1.94. The van der Waals surface area contributed by atoms with Crippen molar-refractivity contribution in [3.63, 3.8) is 0 Å². The first-order valence-electron chi connectivity index (χ1n) is 4.17. The lowest BCUT2D eigenvalue weighted by molar-refractivity contribution is 0.824. The fourth-order valence-corrected chi connectivity index (χ4v) is 0.931. The molecule has 0 aliphatic rings. The number of pyridine rings is 1. The molecule has 1 rings (SSSR count). The summed E-state index contributed by atoms with van der Waals surface area (Å²) in [5.41, 5.74) is 2.08. The van der Waals surface area contributed by atoms with Gasteiger partial charge in [-0.3, -0.25) is 4.98 Å². The van der Waals surface area contributed by atoms with Crippen molar-refractivity contribution in [3.8, 4) is 0 Å². The number of hydrogen-bond donors (Lipinski definition) is 1. The summed E-state index contributed by atoms with van der Waals surface area (Å²) in [6.45, 7) is 7.03. The van der Waals surface area contributed by atoms with E-state index in [-0.39, 0.29) is 0 Å². The molecular formula is C10H14N2. The molecule has 2 heteroatoms. The second-order valence-electron chi connectivity index (χ2n) is 2.64. The van der Waals surface area contributed by atoms with E-state index in [2.05, 4.69) is 23.8 Å². The fraction of sp³-hybridized carbons (Fsp3) is 0.300. The minimum absolute atomic E-state index is 0.972. The Bertz CT molecular complexity index is 241. The number of hydrogen-bond acceptors (Lipinski definition) is 2. The van der Waals surface area contributed by atoms with Crippen molar-refractivity contribution in [2.45, 2.75) is 13.3 Å². The van der Waals surface area contributed by atoms with Gasteiger partial charge in [0.25, 0.3) is 0 Å². The minimum atomic E-state index is 0.972. The molecule has 1 N–H and O–H groups in total. The Morgan fingerprint density at radius 3 is 2.75 bits per heavy atom. The molecule has 1 aromatic rings. The Morgan fingerprint density at radius 1 is 1.50 bits per heavy atom. The highest BCUT2D eigenvalue weighted by molar-refractivity contribution is 5.60. The monoisotopic (exact) mass is 162 g/mol. The van der Waals surface area contributed by atoms with Crippen LogP contribution in [0.25, 0.3) is 5.70 Å². The molecule has 0 amide bonds. The SMILES string of the molecule is C=C(NCCC)c1ccncc1. The van der Waals surface area contributed by atoms with E-state index >= 15 is 0 Å². The highest BCUT2D eigenvalue weighted by atomic mass is 14.9. The van der Waals surface area contributed by atoms with Crippen molar-refractivity contribution >= 4 is 5.70 Å². The third-order valence-corrected chi connectivity index (χ3v) is 1.62. The summed E-state index contributed by atoms with van der Waals surface area (Å²) in [6, 6.07) is 3.90. The molecule has 0 unspecified atom stereocenters. The van der Waals surface area contributed by atoms with Gasteiger partial charge in [0, 0.05) is 30.2 Å². The van der Waals surface area contributed by atoms with E-state index in [1.54, 1.807) is 12.4 Å². The van der Waals surface area contributed by atoms with Crippen molar-refractivity contribution in [2.24, 2.45) is 0 Å². The average Bonchev–Trinajstić information content (AvgIpc) is 2.15. The topological polar surface area (TPSA) is 24.9 Å². The van der Waals surface area contributed by atoms with E-state index in [1.165, 1.54) is 0 Å². The standard InChI is InChI=1S/C10H14N2/c1-3-6-12-9(2)10-4-7-11-8-5-10/h4-5,7-8,12H,2-3,6H2,1H3. The zero-order valence-electron chi connectivity index (χ0n) is 7.38. The first kappa shape index (κ1) is 8.78. The van der Waals surface area contributed by atoms with Crippen LogP contribution in [-0.4, -0.2) is 11.5 Å². The molecule has 0 aromatic carbocycles. The molecule has 0 aliphatic carbocycles. The Kier molecular flexibility index (Phi) is 3.33. The molecule has 0 atom stereocenters. The van der Waals surface area contributed by atoms with Crippen LogP contribution < -0.4 is 5.32 Å². The first-order chi connectivity index (χ1) is 5.84. The summed E-state index contributed by atoms with van der Waals surface area (Å²) in [5.74, 6) is 0. The van der Waals surface area contributed by atoms with Crippen LogP contribution in [0.4, 0.5) is 0 Å². The third kappa shape index (κ3) is 2.38. The maximum atomic E-state index is 3.94. The Morgan fingerprint density at radius 2 is 2.17 bits per heavy atom. The molecule has 2 nitrogen and oxygen atoms in total. The van der Waals surface area contributed by atoms with E-state index in [1.807, 2.05) is 12.1 Å². The number of aromatic nitrogens is 1. The predicted molar refractivity (Wildman–Crippen MR) is 51.6 cm³/mol. The van der Waals surface area contributed by atoms with Crippen LogP contribution >= 0.6 is 0 Å². The number of nitrogens with one attached hydrogen (secondary N) is 1. The van der Waals surface area contributed by atoms with Gasteiger partial charge < -0.3 is 5.32 Å². The van der Waals surface area contributed by atoms with Crippen LogP contribution in [0.2, 0.25) is 0 Å². The van der Waals surface area contributed by atoms with Crippen molar-refractivity contribution in [3.05, 3.63) is 36.7 Å². The van der Waals surface area contributed by atoms with Crippen LogP contribution in [0.15, 0.2) is 31.1 Å². The lowest BCUT2D eigenvalue weighted by Gasteiger charge is -2.07. The van der Waals surface area contributed by atoms with Gasteiger partial charge in [0.15, 0.2) is 0 Å². The lowest BCUT2D eigenvalue weighted by Crippen LogP contribution is -2.11. The van der Waals surface area contributed by atoms with Crippen LogP contribution in [-0.2, 0) is 0 Å². The van der Waals surface area contributed by atoms with E-state index in [9.17, 15) is 0 Å². The molecule has 0 saturated carbocycles. The van der Waals surface area contributed by atoms with Gasteiger partial charge in [0.2, 0.25) is 0 Å². The molecule has 0 radical (unpaired) electrons. The van der Waals surface area contributed by atoms with Gasteiger partial charge in [-0.05, 0) is 18.6 Å². The third-order valence-electron chi connectivity index (χ3n) is 1.62. The van der Waals surface area contributed by atoms with Gasteiger partial charge in [-0.15, -0.1) is 0 Å². The summed E-state index contributed by atoms with van der Waals surface area (Å²) in [7, 11) is 0. The molecule has 64 valence electrons. The van der Waals surface area contributed by atoms with Crippen LogP contribution in [0.5, 0.6) is 0 Å².